The van der Waals surface area contributed by atoms with E-state index in [9.17, 15) is 33.9 Å². The summed E-state index contributed by atoms with van der Waals surface area (Å²) in [7, 11) is 0. The largest absolute Gasteiger partial charge is 0.481 e. The summed E-state index contributed by atoms with van der Waals surface area (Å²) in [6.07, 6.45) is 0.132. The Labute approximate surface area is 239 Å². The molecule has 3 aromatic rings. The highest BCUT2D eigenvalue weighted by Gasteiger charge is 2.32. The summed E-state index contributed by atoms with van der Waals surface area (Å²) >= 11 is 0. The number of nitrogens with one attached hydrogen (secondary N) is 4. The van der Waals surface area contributed by atoms with Crippen LogP contribution in [0.5, 0.6) is 0 Å². The van der Waals surface area contributed by atoms with Gasteiger partial charge < -0.3 is 42.6 Å². The number of primary amides is 1. The number of fused-ring (bicyclic) bond motifs is 1. The molecule has 14 heteroatoms. The fraction of sp³-hybridized carbons (Fsp3) is 0.286. The number of carbonyl (C=O) groups is 6. The first kappa shape index (κ1) is 31.3. The number of aliphatic carboxylic acids is 2. The number of benzene rings is 2. The van der Waals surface area contributed by atoms with Crippen molar-refractivity contribution in [1.29, 1.82) is 0 Å². The molecule has 222 valence electrons. The van der Waals surface area contributed by atoms with E-state index in [4.69, 9.17) is 16.6 Å². The third kappa shape index (κ3) is 8.89. The van der Waals surface area contributed by atoms with E-state index < -0.39 is 72.6 Å². The number of carboxylic acids is 2. The topological polar surface area (TPSA) is 247 Å². The molecule has 0 radical (unpaired) electrons. The van der Waals surface area contributed by atoms with Gasteiger partial charge in [-0.05, 0) is 17.2 Å². The first-order valence-corrected chi connectivity index (χ1v) is 12.9. The van der Waals surface area contributed by atoms with Crippen molar-refractivity contribution in [3.05, 3.63) is 71.9 Å². The maximum Gasteiger partial charge on any atom is 0.326 e. The van der Waals surface area contributed by atoms with Gasteiger partial charge in [0.1, 0.15) is 18.1 Å². The maximum absolute atomic E-state index is 13.4. The third-order valence-electron chi connectivity index (χ3n) is 6.40. The van der Waals surface area contributed by atoms with Gasteiger partial charge in [-0.3, -0.25) is 24.0 Å². The molecule has 0 fully saturated rings. The first-order chi connectivity index (χ1) is 19.9. The second-order valence-corrected chi connectivity index (χ2v) is 9.65. The molecule has 42 heavy (non-hydrogen) atoms. The van der Waals surface area contributed by atoms with Crippen molar-refractivity contribution in [1.82, 2.24) is 20.9 Å². The van der Waals surface area contributed by atoms with Crippen LogP contribution in [0.1, 0.15) is 24.0 Å². The highest BCUT2D eigenvalue weighted by Crippen LogP contribution is 2.19. The predicted octanol–water partition coefficient (Wildman–Crippen LogP) is -0.830. The van der Waals surface area contributed by atoms with Gasteiger partial charge in [0.25, 0.3) is 0 Å². The highest BCUT2D eigenvalue weighted by atomic mass is 16.4. The minimum atomic E-state index is -1.58. The number of aromatic amines is 1. The Morgan fingerprint density at radius 1 is 0.738 bits per heavy atom. The Morgan fingerprint density at radius 3 is 1.98 bits per heavy atom. The predicted molar refractivity (Wildman–Crippen MR) is 150 cm³/mol. The van der Waals surface area contributed by atoms with Crippen LogP contribution in [-0.4, -0.2) is 74.9 Å². The number of rotatable bonds is 15. The summed E-state index contributed by atoms with van der Waals surface area (Å²) in [5.41, 5.74) is 12.9. The SMILES string of the molecule is NC(=O)CC(NC(=O)C(N)CC(=O)O)C(=O)NC(Cc1ccccc1)C(=O)NC(Cc1c[nH]c2ccccc12)C(=O)O. The summed E-state index contributed by atoms with van der Waals surface area (Å²) in [4.78, 5) is 76.7. The van der Waals surface area contributed by atoms with Gasteiger partial charge in [0.15, 0.2) is 0 Å². The van der Waals surface area contributed by atoms with Crippen molar-refractivity contribution in [2.75, 3.05) is 0 Å². The minimum Gasteiger partial charge on any atom is -0.481 e. The van der Waals surface area contributed by atoms with Crippen molar-refractivity contribution in [2.24, 2.45) is 11.5 Å². The molecule has 0 spiro atoms. The quantitative estimate of drug-likeness (QED) is 0.112. The number of carboxylic acid groups (broad SMARTS) is 2. The minimum absolute atomic E-state index is 0.0566. The van der Waals surface area contributed by atoms with Crippen molar-refractivity contribution in [3.8, 4) is 0 Å². The van der Waals surface area contributed by atoms with Crippen molar-refractivity contribution in [3.63, 3.8) is 0 Å². The summed E-state index contributed by atoms with van der Waals surface area (Å²) in [6.45, 7) is 0. The number of hydrogen-bond acceptors (Lipinski definition) is 7. The van der Waals surface area contributed by atoms with E-state index in [0.29, 0.717) is 11.1 Å². The van der Waals surface area contributed by atoms with Crippen LogP contribution in [0.2, 0.25) is 0 Å². The molecule has 1 heterocycles. The molecule has 1 aromatic heterocycles. The van der Waals surface area contributed by atoms with Gasteiger partial charge in [0, 0.05) is 29.9 Å². The summed E-state index contributed by atoms with van der Waals surface area (Å²) in [6, 6.07) is 10.0. The Bertz CT molecular complexity index is 1460. The van der Waals surface area contributed by atoms with E-state index in [0.717, 1.165) is 10.9 Å². The molecule has 10 N–H and O–H groups in total. The lowest BCUT2D eigenvalue weighted by Crippen LogP contribution is -2.58. The van der Waals surface area contributed by atoms with E-state index in [1.54, 1.807) is 42.6 Å². The van der Waals surface area contributed by atoms with E-state index in [1.165, 1.54) is 0 Å². The standard InChI is InChI=1S/C28H32N6O8/c29-18(12-24(36)37)25(38)32-21(13-23(30)35)27(40)33-20(10-15-6-2-1-3-7-15)26(39)34-22(28(41)42)11-16-14-31-19-9-5-4-8-17(16)19/h1-9,14,18,20-22,31H,10-13,29H2,(H2,30,35)(H,32,38)(H,33,40)(H,34,39)(H,36,37)(H,41,42). The molecule has 3 rings (SSSR count). The van der Waals surface area contributed by atoms with Crippen LogP contribution >= 0.6 is 0 Å². The van der Waals surface area contributed by atoms with Gasteiger partial charge >= 0.3 is 11.9 Å². The molecule has 14 nitrogen and oxygen atoms in total. The molecule has 0 saturated carbocycles. The lowest BCUT2D eigenvalue weighted by molar-refractivity contribution is -0.142. The van der Waals surface area contributed by atoms with E-state index in [2.05, 4.69) is 20.9 Å². The van der Waals surface area contributed by atoms with Gasteiger partial charge in [0.05, 0.1) is 18.9 Å². The number of H-pyrrole nitrogens is 1. The number of aromatic nitrogens is 1. The number of carbonyl (C=O) groups excluding carboxylic acids is 4. The number of hydrogen-bond donors (Lipinski definition) is 8. The molecule has 0 saturated heterocycles. The number of nitrogens with two attached hydrogens (primary N) is 2. The van der Waals surface area contributed by atoms with Gasteiger partial charge in [0.2, 0.25) is 23.6 Å². The van der Waals surface area contributed by atoms with Gasteiger partial charge in [-0.25, -0.2) is 4.79 Å². The lowest BCUT2D eigenvalue weighted by Gasteiger charge is -2.25. The highest BCUT2D eigenvalue weighted by molar-refractivity contribution is 5.97. The van der Waals surface area contributed by atoms with Crippen molar-refractivity contribution in [2.45, 2.75) is 49.9 Å². The number of para-hydroxylation sites is 1. The zero-order chi connectivity index (χ0) is 30.8. The van der Waals surface area contributed by atoms with Crippen LogP contribution in [0.15, 0.2) is 60.8 Å². The molecule has 0 aliphatic rings. The van der Waals surface area contributed by atoms with E-state index in [-0.39, 0.29) is 12.8 Å². The second kappa shape index (κ2) is 14.4. The fourth-order valence-electron chi connectivity index (χ4n) is 4.29. The maximum atomic E-state index is 13.4. The van der Waals surface area contributed by atoms with Crippen LogP contribution in [0.4, 0.5) is 0 Å². The average molecular weight is 581 g/mol. The number of amides is 4. The van der Waals surface area contributed by atoms with Crippen LogP contribution in [0, 0.1) is 0 Å². The monoisotopic (exact) mass is 580 g/mol. The molecule has 4 unspecified atom stereocenters. The van der Waals surface area contributed by atoms with Crippen LogP contribution < -0.4 is 27.4 Å². The van der Waals surface area contributed by atoms with Crippen molar-refractivity contribution >= 4 is 46.5 Å². The van der Waals surface area contributed by atoms with Gasteiger partial charge in [-0.1, -0.05) is 48.5 Å². The van der Waals surface area contributed by atoms with Crippen molar-refractivity contribution < 1.29 is 39.0 Å². The second-order valence-electron chi connectivity index (χ2n) is 9.65. The Hall–Kier alpha value is -5.24. The average Bonchev–Trinajstić information content (AvgIpc) is 3.34. The van der Waals surface area contributed by atoms with Crippen LogP contribution in [0.25, 0.3) is 10.9 Å². The van der Waals surface area contributed by atoms with Gasteiger partial charge in [-0.15, -0.1) is 0 Å². The molecular formula is C28H32N6O8. The van der Waals surface area contributed by atoms with E-state index in [1.807, 2.05) is 18.2 Å². The molecule has 0 aliphatic carbocycles. The molecule has 0 aliphatic heterocycles. The zero-order valence-corrected chi connectivity index (χ0v) is 22.4. The van der Waals surface area contributed by atoms with Crippen LogP contribution in [0.3, 0.4) is 0 Å². The van der Waals surface area contributed by atoms with E-state index >= 15 is 0 Å². The Morgan fingerprint density at radius 2 is 1.33 bits per heavy atom. The van der Waals surface area contributed by atoms with Gasteiger partial charge in [-0.2, -0.15) is 0 Å². The zero-order valence-electron chi connectivity index (χ0n) is 22.4. The third-order valence-corrected chi connectivity index (χ3v) is 6.40. The first-order valence-electron chi connectivity index (χ1n) is 12.9. The fourth-order valence-corrected chi connectivity index (χ4v) is 4.29. The summed E-state index contributed by atoms with van der Waals surface area (Å²) in [5, 5.41) is 26.7. The summed E-state index contributed by atoms with van der Waals surface area (Å²) < 4.78 is 0. The smallest absolute Gasteiger partial charge is 0.326 e. The molecule has 4 atom stereocenters. The summed E-state index contributed by atoms with van der Waals surface area (Å²) in [5.74, 6) is -6.45. The normalized spacial score (nSPS) is 13.7. The molecule has 4 amide bonds. The Kier molecular flexibility index (Phi) is 10.7. The van der Waals surface area contributed by atoms with Crippen LogP contribution in [-0.2, 0) is 41.6 Å². The molecule has 2 aromatic carbocycles. The lowest BCUT2D eigenvalue weighted by atomic mass is 10.0. The molecular weight excluding hydrogens is 548 g/mol. The molecule has 0 bridgehead atoms. The Balaban J connectivity index is 1.81.